The standard InChI is InChI=1S/C10H12N6S/c1-2-7-9(16-11)14-6-15-10(7)17-8-3-4-12-5-13-8/h3-6H,2,11H2,1H3,(H,14,15,16). The van der Waals surface area contributed by atoms with Gasteiger partial charge in [-0.05, 0) is 24.2 Å². The number of nitrogen functional groups attached to an aromatic ring is 1. The van der Waals surface area contributed by atoms with Crippen molar-refractivity contribution in [1.82, 2.24) is 19.9 Å². The topological polar surface area (TPSA) is 89.6 Å². The molecule has 0 saturated heterocycles. The quantitative estimate of drug-likeness (QED) is 0.478. The van der Waals surface area contributed by atoms with E-state index in [9.17, 15) is 0 Å². The molecule has 0 saturated carbocycles. The molecule has 0 radical (unpaired) electrons. The number of hydrogen-bond acceptors (Lipinski definition) is 7. The Kier molecular flexibility index (Phi) is 3.84. The van der Waals surface area contributed by atoms with Crippen molar-refractivity contribution in [3.63, 3.8) is 0 Å². The number of nitrogens with two attached hydrogens (primary N) is 1. The number of nitrogens with zero attached hydrogens (tertiary/aromatic N) is 4. The van der Waals surface area contributed by atoms with Crippen LogP contribution in [-0.4, -0.2) is 19.9 Å². The van der Waals surface area contributed by atoms with Crippen LogP contribution in [0.5, 0.6) is 0 Å². The van der Waals surface area contributed by atoms with E-state index in [-0.39, 0.29) is 0 Å². The van der Waals surface area contributed by atoms with E-state index in [1.165, 1.54) is 24.4 Å². The zero-order chi connectivity index (χ0) is 12.1. The Morgan fingerprint density at radius 3 is 2.82 bits per heavy atom. The van der Waals surface area contributed by atoms with Crippen molar-refractivity contribution in [1.29, 1.82) is 0 Å². The van der Waals surface area contributed by atoms with Crippen LogP contribution in [0.15, 0.2) is 35.0 Å². The summed E-state index contributed by atoms with van der Waals surface area (Å²) in [5, 5.41) is 1.70. The molecule has 0 bridgehead atoms. The van der Waals surface area contributed by atoms with E-state index in [4.69, 9.17) is 5.84 Å². The lowest BCUT2D eigenvalue weighted by Gasteiger charge is -2.09. The molecular weight excluding hydrogens is 236 g/mol. The zero-order valence-electron chi connectivity index (χ0n) is 9.29. The SMILES string of the molecule is CCc1c(NN)ncnc1Sc1ccncn1. The maximum absolute atomic E-state index is 5.41. The third-order valence-electron chi connectivity index (χ3n) is 2.15. The molecule has 0 aliphatic rings. The van der Waals surface area contributed by atoms with Gasteiger partial charge in [0.15, 0.2) is 0 Å². The Morgan fingerprint density at radius 2 is 2.18 bits per heavy atom. The van der Waals surface area contributed by atoms with Gasteiger partial charge in [0.25, 0.3) is 0 Å². The lowest BCUT2D eigenvalue weighted by atomic mass is 10.2. The molecule has 2 aromatic heterocycles. The van der Waals surface area contributed by atoms with Crippen LogP contribution in [0, 0.1) is 0 Å². The van der Waals surface area contributed by atoms with Crippen LogP contribution in [0.4, 0.5) is 5.82 Å². The fourth-order valence-electron chi connectivity index (χ4n) is 1.37. The first kappa shape index (κ1) is 11.7. The fourth-order valence-corrected chi connectivity index (χ4v) is 2.26. The molecule has 7 heteroatoms. The molecule has 2 heterocycles. The Labute approximate surface area is 103 Å². The molecule has 3 N–H and O–H groups in total. The number of nitrogens with one attached hydrogen (secondary N) is 1. The molecular formula is C10H12N6S. The highest BCUT2D eigenvalue weighted by Crippen LogP contribution is 2.29. The second-order valence-electron chi connectivity index (χ2n) is 3.15. The minimum atomic E-state index is 0.652. The van der Waals surface area contributed by atoms with Crippen molar-refractivity contribution < 1.29 is 0 Å². The Morgan fingerprint density at radius 1 is 1.29 bits per heavy atom. The van der Waals surface area contributed by atoms with Crippen LogP contribution in [0.2, 0.25) is 0 Å². The van der Waals surface area contributed by atoms with Crippen molar-refractivity contribution in [3.8, 4) is 0 Å². The molecule has 0 spiro atoms. The summed E-state index contributed by atoms with van der Waals surface area (Å²) in [5.74, 6) is 6.07. The summed E-state index contributed by atoms with van der Waals surface area (Å²) in [4.78, 5) is 16.3. The smallest absolute Gasteiger partial charge is 0.147 e. The van der Waals surface area contributed by atoms with Crippen molar-refractivity contribution in [2.75, 3.05) is 5.43 Å². The zero-order valence-corrected chi connectivity index (χ0v) is 10.1. The van der Waals surface area contributed by atoms with Gasteiger partial charge in [-0.3, -0.25) is 0 Å². The van der Waals surface area contributed by atoms with E-state index in [1.807, 2.05) is 13.0 Å². The van der Waals surface area contributed by atoms with E-state index >= 15 is 0 Å². The van der Waals surface area contributed by atoms with E-state index in [2.05, 4.69) is 25.4 Å². The summed E-state index contributed by atoms with van der Waals surface area (Å²) in [6.07, 6.45) is 5.49. The Balaban J connectivity index is 2.33. The molecule has 0 aliphatic heterocycles. The highest BCUT2D eigenvalue weighted by molar-refractivity contribution is 7.99. The van der Waals surface area contributed by atoms with Gasteiger partial charge in [0.05, 0.1) is 0 Å². The normalized spacial score (nSPS) is 10.2. The Bertz CT molecular complexity index is 489. The van der Waals surface area contributed by atoms with E-state index in [1.54, 1.807) is 6.20 Å². The summed E-state index contributed by atoms with van der Waals surface area (Å²) >= 11 is 1.47. The first-order valence-corrected chi connectivity index (χ1v) is 5.91. The average molecular weight is 248 g/mol. The van der Waals surface area contributed by atoms with E-state index < -0.39 is 0 Å². The molecule has 6 nitrogen and oxygen atoms in total. The van der Waals surface area contributed by atoms with Gasteiger partial charge in [-0.1, -0.05) is 6.92 Å². The van der Waals surface area contributed by atoms with Crippen LogP contribution < -0.4 is 11.3 Å². The predicted molar refractivity (Wildman–Crippen MR) is 65.4 cm³/mol. The van der Waals surface area contributed by atoms with Crippen molar-refractivity contribution >= 4 is 17.6 Å². The van der Waals surface area contributed by atoms with Gasteiger partial charge in [0.2, 0.25) is 0 Å². The summed E-state index contributed by atoms with van der Waals surface area (Å²) < 4.78 is 0. The summed E-state index contributed by atoms with van der Waals surface area (Å²) in [6, 6.07) is 1.84. The maximum atomic E-state index is 5.41. The van der Waals surface area contributed by atoms with Gasteiger partial charge < -0.3 is 5.43 Å². The molecule has 0 amide bonds. The predicted octanol–water partition coefficient (Wildman–Crippen LogP) is 1.27. The van der Waals surface area contributed by atoms with Crippen LogP contribution >= 0.6 is 11.8 Å². The van der Waals surface area contributed by atoms with Gasteiger partial charge in [0, 0.05) is 11.8 Å². The number of hydrazine groups is 1. The average Bonchev–Trinajstić information content (AvgIpc) is 2.39. The largest absolute Gasteiger partial charge is 0.308 e. The van der Waals surface area contributed by atoms with Crippen LogP contribution in [0.3, 0.4) is 0 Å². The fraction of sp³-hybridized carbons (Fsp3) is 0.200. The summed E-state index contributed by atoms with van der Waals surface area (Å²) in [7, 11) is 0. The molecule has 17 heavy (non-hydrogen) atoms. The molecule has 0 unspecified atom stereocenters. The van der Waals surface area contributed by atoms with Gasteiger partial charge in [-0.2, -0.15) is 0 Å². The van der Waals surface area contributed by atoms with Gasteiger partial charge in [0.1, 0.15) is 28.5 Å². The van der Waals surface area contributed by atoms with Crippen LogP contribution in [0.1, 0.15) is 12.5 Å². The third-order valence-corrected chi connectivity index (χ3v) is 3.15. The summed E-state index contributed by atoms with van der Waals surface area (Å²) in [5.41, 5.74) is 3.56. The molecule has 0 fully saturated rings. The Hall–Kier alpha value is -1.73. The molecule has 0 aliphatic carbocycles. The number of rotatable bonds is 4. The lowest BCUT2D eigenvalue weighted by Crippen LogP contribution is -2.12. The number of aromatic nitrogens is 4. The highest BCUT2D eigenvalue weighted by Gasteiger charge is 2.10. The number of anilines is 1. The summed E-state index contributed by atoms with van der Waals surface area (Å²) in [6.45, 7) is 2.03. The molecule has 0 aromatic carbocycles. The van der Waals surface area contributed by atoms with Gasteiger partial charge in [-0.25, -0.2) is 25.8 Å². The highest BCUT2D eigenvalue weighted by atomic mass is 32.2. The van der Waals surface area contributed by atoms with Crippen molar-refractivity contribution in [2.24, 2.45) is 5.84 Å². The second kappa shape index (κ2) is 5.55. The second-order valence-corrected chi connectivity index (χ2v) is 4.16. The van der Waals surface area contributed by atoms with Crippen molar-refractivity contribution in [3.05, 3.63) is 30.5 Å². The van der Waals surface area contributed by atoms with E-state index in [0.29, 0.717) is 5.82 Å². The minimum absolute atomic E-state index is 0.652. The minimum Gasteiger partial charge on any atom is -0.308 e. The molecule has 0 atom stereocenters. The van der Waals surface area contributed by atoms with Crippen LogP contribution in [-0.2, 0) is 6.42 Å². The third kappa shape index (κ3) is 2.69. The molecule has 2 aromatic rings. The van der Waals surface area contributed by atoms with Gasteiger partial charge in [-0.15, -0.1) is 0 Å². The first-order chi connectivity index (χ1) is 8.35. The first-order valence-electron chi connectivity index (χ1n) is 5.09. The maximum Gasteiger partial charge on any atom is 0.147 e. The van der Waals surface area contributed by atoms with Crippen molar-refractivity contribution in [2.45, 2.75) is 23.4 Å². The monoisotopic (exact) mass is 248 g/mol. The van der Waals surface area contributed by atoms with E-state index in [0.717, 1.165) is 22.0 Å². The molecule has 2 rings (SSSR count). The molecule has 88 valence electrons. The lowest BCUT2D eigenvalue weighted by molar-refractivity contribution is 0.935. The van der Waals surface area contributed by atoms with Gasteiger partial charge >= 0.3 is 0 Å². The number of hydrogen-bond donors (Lipinski definition) is 2. The van der Waals surface area contributed by atoms with Crippen LogP contribution in [0.25, 0.3) is 0 Å².